The van der Waals surface area contributed by atoms with E-state index in [1.165, 1.54) is 0 Å². The molecule has 0 aromatic heterocycles. The minimum atomic E-state index is -0.0360. The van der Waals surface area contributed by atoms with Crippen LogP contribution < -0.4 is 9.47 Å². The zero-order chi connectivity index (χ0) is 23.1. The summed E-state index contributed by atoms with van der Waals surface area (Å²) in [7, 11) is 0. The van der Waals surface area contributed by atoms with Gasteiger partial charge < -0.3 is 19.3 Å². The molecule has 0 bridgehead atoms. The lowest BCUT2D eigenvalue weighted by atomic mass is 10.1. The lowest BCUT2D eigenvalue weighted by Gasteiger charge is -2.23. The molecule has 2 aromatic carbocycles. The third-order valence-electron chi connectivity index (χ3n) is 6.00. The summed E-state index contributed by atoms with van der Waals surface area (Å²) in [6.45, 7) is 11.0. The number of ether oxygens (including phenoxy) is 2. The van der Waals surface area contributed by atoms with E-state index >= 15 is 0 Å². The van der Waals surface area contributed by atoms with Crippen molar-refractivity contribution < 1.29 is 19.1 Å². The van der Waals surface area contributed by atoms with Crippen molar-refractivity contribution in [2.45, 2.75) is 40.5 Å². The Morgan fingerprint density at radius 1 is 0.812 bits per heavy atom. The lowest BCUT2D eigenvalue weighted by Crippen LogP contribution is -2.39. The molecule has 0 atom stereocenters. The van der Waals surface area contributed by atoms with Crippen LogP contribution >= 0.6 is 0 Å². The summed E-state index contributed by atoms with van der Waals surface area (Å²) in [6.07, 6.45) is 1.12. The van der Waals surface area contributed by atoms with E-state index in [0.29, 0.717) is 39.2 Å². The van der Waals surface area contributed by atoms with E-state index < -0.39 is 0 Å². The maximum atomic E-state index is 12.8. The molecule has 0 unspecified atom stereocenters. The summed E-state index contributed by atoms with van der Waals surface area (Å²) in [5.41, 5.74) is 4.21. The third-order valence-corrected chi connectivity index (χ3v) is 6.00. The number of hydrogen-bond donors (Lipinski definition) is 0. The molecule has 0 spiro atoms. The molecule has 0 radical (unpaired) electrons. The molecule has 1 aliphatic heterocycles. The summed E-state index contributed by atoms with van der Waals surface area (Å²) < 4.78 is 11.4. The van der Waals surface area contributed by atoms with E-state index in [4.69, 9.17) is 9.47 Å². The number of benzene rings is 2. The Bertz CT molecular complexity index is 940. The third kappa shape index (κ3) is 6.02. The number of hydrogen-bond acceptors (Lipinski definition) is 4. The molecule has 1 fully saturated rings. The first kappa shape index (κ1) is 23.6. The summed E-state index contributed by atoms with van der Waals surface area (Å²) in [5.74, 6) is 1.66. The van der Waals surface area contributed by atoms with Gasteiger partial charge >= 0.3 is 0 Å². The van der Waals surface area contributed by atoms with Crippen molar-refractivity contribution in [3.63, 3.8) is 0 Å². The van der Waals surface area contributed by atoms with Crippen LogP contribution in [-0.4, -0.2) is 61.0 Å². The van der Waals surface area contributed by atoms with Gasteiger partial charge in [-0.15, -0.1) is 0 Å². The molecule has 0 aliphatic carbocycles. The Morgan fingerprint density at radius 3 is 2.09 bits per heavy atom. The van der Waals surface area contributed by atoms with Gasteiger partial charge in [-0.3, -0.25) is 9.59 Å². The Balaban J connectivity index is 1.51. The number of aryl methyl sites for hydroxylation is 2. The smallest absolute Gasteiger partial charge is 0.260 e. The Kier molecular flexibility index (Phi) is 8.14. The maximum Gasteiger partial charge on any atom is 0.260 e. The van der Waals surface area contributed by atoms with Gasteiger partial charge in [0.2, 0.25) is 5.91 Å². The van der Waals surface area contributed by atoms with Crippen LogP contribution in [0, 0.1) is 20.8 Å². The van der Waals surface area contributed by atoms with Crippen molar-refractivity contribution in [1.82, 2.24) is 9.80 Å². The number of rotatable bonds is 7. The SMILES string of the molecule is CCOc1ccc(CC(=O)N2CCCN(C(=O)COc3c(C)ccc(C)c3C)CC2)cc1. The fourth-order valence-electron chi connectivity index (χ4n) is 3.95. The molecule has 2 aromatic rings. The Labute approximate surface area is 191 Å². The average Bonchev–Trinajstić information content (AvgIpc) is 3.04. The molecule has 6 nitrogen and oxygen atoms in total. The molecule has 6 heteroatoms. The van der Waals surface area contributed by atoms with E-state index in [1.54, 1.807) is 0 Å². The highest BCUT2D eigenvalue weighted by atomic mass is 16.5. The van der Waals surface area contributed by atoms with Crippen LogP contribution in [0.5, 0.6) is 11.5 Å². The van der Waals surface area contributed by atoms with Crippen LogP contribution in [0.4, 0.5) is 0 Å². The molecule has 1 aliphatic rings. The largest absolute Gasteiger partial charge is 0.494 e. The number of carbonyl (C=O) groups is 2. The van der Waals surface area contributed by atoms with Gasteiger partial charge in [0.15, 0.2) is 6.61 Å². The molecule has 1 heterocycles. The van der Waals surface area contributed by atoms with Gasteiger partial charge in [-0.2, -0.15) is 0 Å². The highest BCUT2D eigenvalue weighted by Gasteiger charge is 2.23. The predicted molar refractivity (Wildman–Crippen MR) is 125 cm³/mol. The van der Waals surface area contributed by atoms with Gasteiger partial charge in [0.1, 0.15) is 11.5 Å². The van der Waals surface area contributed by atoms with Crippen molar-refractivity contribution in [2.24, 2.45) is 0 Å². The molecular formula is C26H34N2O4. The fraction of sp³-hybridized carbons (Fsp3) is 0.462. The Hall–Kier alpha value is -3.02. The van der Waals surface area contributed by atoms with Gasteiger partial charge in [-0.1, -0.05) is 24.3 Å². The minimum Gasteiger partial charge on any atom is -0.494 e. The average molecular weight is 439 g/mol. The van der Waals surface area contributed by atoms with E-state index in [0.717, 1.165) is 40.2 Å². The van der Waals surface area contributed by atoms with Crippen LogP contribution in [0.1, 0.15) is 35.6 Å². The molecule has 3 rings (SSSR count). The summed E-state index contributed by atoms with van der Waals surface area (Å²) in [5, 5.41) is 0. The van der Waals surface area contributed by atoms with Crippen LogP contribution in [0.3, 0.4) is 0 Å². The van der Waals surface area contributed by atoms with E-state index in [1.807, 2.05) is 67.8 Å². The predicted octanol–water partition coefficient (Wildman–Crippen LogP) is 3.69. The van der Waals surface area contributed by atoms with Gasteiger partial charge in [0, 0.05) is 26.2 Å². The first-order valence-electron chi connectivity index (χ1n) is 11.4. The van der Waals surface area contributed by atoms with E-state index in [-0.39, 0.29) is 18.4 Å². The van der Waals surface area contributed by atoms with Crippen molar-refractivity contribution in [3.8, 4) is 11.5 Å². The summed E-state index contributed by atoms with van der Waals surface area (Å²) in [6, 6.07) is 11.7. The number of nitrogens with zero attached hydrogens (tertiary/aromatic N) is 2. The second kappa shape index (κ2) is 11.0. The second-order valence-electron chi connectivity index (χ2n) is 8.31. The Morgan fingerprint density at radius 2 is 1.44 bits per heavy atom. The van der Waals surface area contributed by atoms with Crippen molar-refractivity contribution in [2.75, 3.05) is 39.4 Å². The van der Waals surface area contributed by atoms with Gasteiger partial charge in [0.25, 0.3) is 5.91 Å². The quantitative estimate of drug-likeness (QED) is 0.662. The zero-order valence-electron chi connectivity index (χ0n) is 19.6. The van der Waals surface area contributed by atoms with Gasteiger partial charge in [-0.25, -0.2) is 0 Å². The van der Waals surface area contributed by atoms with Crippen LogP contribution in [0.15, 0.2) is 36.4 Å². The highest BCUT2D eigenvalue weighted by molar-refractivity contribution is 5.80. The molecule has 2 amide bonds. The summed E-state index contributed by atoms with van der Waals surface area (Å²) >= 11 is 0. The van der Waals surface area contributed by atoms with Gasteiger partial charge in [0.05, 0.1) is 13.0 Å². The molecule has 172 valence electrons. The monoisotopic (exact) mass is 438 g/mol. The zero-order valence-corrected chi connectivity index (χ0v) is 19.6. The first-order valence-corrected chi connectivity index (χ1v) is 11.4. The molecule has 0 saturated carbocycles. The van der Waals surface area contributed by atoms with Crippen LogP contribution in [-0.2, 0) is 16.0 Å². The fourth-order valence-corrected chi connectivity index (χ4v) is 3.95. The molecule has 1 saturated heterocycles. The minimum absolute atomic E-state index is 0.0191. The summed E-state index contributed by atoms with van der Waals surface area (Å²) in [4.78, 5) is 29.2. The van der Waals surface area contributed by atoms with Crippen molar-refractivity contribution >= 4 is 11.8 Å². The first-order chi connectivity index (χ1) is 15.4. The lowest BCUT2D eigenvalue weighted by molar-refractivity contribution is -0.134. The van der Waals surface area contributed by atoms with Gasteiger partial charge in [-0.05, 0) is 68.5 Å². The maximum absolute atomic E-state index is 12.8. The van der Waals surface area contributed by atoms with E-state index in [2.05, 4.69) is 6.07 Å². The number of carbonyl (C=O) groups excluding carboxylic acids is 2. The normalized spacial score (nSPS) is 14.1. The molecule has 32 heavy (non-hydrogen) atoms. The molecular weight excluding hydrogens is 404 g/mol. The topological polar surface area (TPSA) is 59.1 Å². The second-order valence-corrected chi connectivity index (χ2v) is 8.31. The van der Waals surface area contributed by atoms with Crippen molar-refractivity contribution in [3.05, 3.63) is 58.7 Å². The number of amides is 2. The standard InChI is InChI=1S/C26H34N2O4/c1-5-31-23-11-9-22(10-12-23)17-24(29)27-13-6-14-28(16-15-27)25(30)18-32-26-20(3)8-7-19(2)21(26)4/h7-12H,5-6,13-18H2,1-4H3. The van der Waals surface area contributed by atoms with E-state index in [9.17, 15) is 9.59 Å². The van der Waals surface area contributed by atoms with Crippen LogP contribution in [0.25, 0.3) is 0 Å². The highest BCUT2D eigenvalue weighted by Crippen LogP contribution is 2.25. The van der Waals surface area contributed by atoms with Crippen LogP contribution in [0.2, 0.25) is 0 Å². The molecule has 0 N–H and O–H groups in total. The van der Waals surface area contributed by atoms with Crippen molar-refractivity contribution in [1.29, 1.82) is 0 Å².